The molecule has 2 rings (SSSR count). The lowest BCUT2D eigenvalue weighted by Gasteiger charge is -2.14. The molecule has 1 aromatic heterocycles. The second kappa shape index (κ2) is 10.5. The van der Waals surface area contributed by atoms with Gasteiger partial charge in [0.1, 0.15) is 23.3 Å². The molecule has 0 saturated heterocycles. The van der Waals surface area contributed by atoms with E-state index in [0.29, 0.717) is 0 Å². The summed E-state index contributed by atoms with van der Waals surface area (Å²) in [5.41, 5.74) is -1.63. The standard InChI is InChI=1S/C21H20F4N4O4S/c1-12(2)33-20-14(4-6-17(28-20)21(23,24)25)5-7-18(30)27-11-13-8-15(10-26)19(16(22)9-13)29-34(3,31)32/h4-9,12,29H,11H2,1-3H3,(H,27,30)/b7-5-. The van der Waals surface area contributed by atoms with Crippen LogP contribution >= 0.6 is 0 Å². The molecule has 0 atom stereocenters. The number of rotatable bonds is 8. The van der Waals surface area contributed by atoms with Gasteiger partial charge in [0, 0.05) is 18.2 Å². The normalized spacial score (nSPS) is 12.0. The van der Waals surface area contributed by atoms with Crippen LogP contribution in [-0.2, 0) is 27.5 Å². The van der Waals surface area contributed by atoms with Gasteiger partial charge in [0.15, 0.2) is 0 Å². The molecule has 0 radical (unpaired) electrons. The number of amides is 1. The van der Waals surface area contributed by atoms with Crippen molar-refractivity contribution in [3.05, 3.63) is 58.5 Å². The van der Waals surface area contributed by atoms with Gasteiger partial charge in [-0.05, 0) is 49.8 Å². The molecule has 0 spiro atoms. The third-order valence-electron chi connectivity index (χ3n) is 3.97. The van der Waals surface area contributed by atoms with Gasteiger partial charge in [-0.3, -0.25) is 9.52 Å². The highest BCUT2D eigenvalue weighted by molar-refractivity contribution is 7.92. The van der Waals surface area contributed by atoms with Crippen molar-refractivity contribution in [2.24, 2.45) is 0 Å². The molecule has 0 aliphatic heterocycles. The number of hydrogen-bond donors (Lipinski definition) is 2. The highest BCUT2D eigenvalue weighted by atomic mass is 32.2. The molecule has 0 unspecified atom stereocenters. The Kier molecular flexibility index (Phi) is 8.22. The van der Waals surface area contributed by atoms with Gasteiger partial charge in [0.2, 0.25) is 21.8 Å². The number of nitriles is 1. The molecule has 13 heteroatoms. The van der Waals surface area contributed by atoms with Crippen LogP contribution in [0.1, 0.15) is 36.2 Å². The van der Waals surface area contributed by atoms with Crippen molar-refractivity contribution in [1.29, 1.82) is 5.26 Å². The number of benzene rings is 1. The monoisotopic (exact) mass is 500 g/mol. The van der Waals surface area contributed by atoms with Gasteiger partial charge in [0.25, 0.3) is 0 Å². The average molecular weight is 500 g/mol. The van der Waals surface area contributed by atoms with Crippen molar-refractivity contribution in [2.45, 2.75) is 32.7 Å². The number of sulfonamides is 1. The van der Waals surface area contributed by atoms with E-state index in [2.05, 4.69) is 10.3 Å². The fourth-order valence-corrected chi connectivity index (χ4v) is 3.19. The number of nitrogens with one attached hydrogen (secondary N) is 2. The van der Waals surface area contributed by atoms with Gasteiger partial charge >= 0.3 is 6.18 Å². The first-order chi connectivity index (χ1) is 15.7. The van der Waals surface area contributed by atoms with Gasteiger partial charge in [-0.2, -0.15) is 18.4 Å². The minimum atomic E-state index is -4.67. The summed E-state index contributed by atoms with van der Waals surface area (Å²) < 4.78 is 83.0. The summed E-state index contributed by atoms with van der Waals surface area (Å²) in [7, 11) is -3.82. The number of anilines is 1. The fourth-order valence-electron chi connectivity index (χ4n) is 2.61. The third-order valence-corrected chi connectivity index (χ3v) is 4.54. The molecule has 0 fully saturated rings. The number of carbonyl (C=O) groups is 1. The Hall–Kier alpha value is -3.66. The molecule has 0 saturated carbocycles. The summed E-state index contributed by atoms with van der Waals surface area (Å²) in [6.45, 7) is 3.00. The second-order valence-electron chi connectivity index (χ2n) is 7.29. The van der Waals surface area contributed by atoms with Crippen molar-refractivity contribution in [2.75, 3.05) is 11.0 Å². The molecule has 34 heavy (non-hydrogen) atoms. The van der Waals surface area contributed by atoms with E-state index in [1.165, 1.54) is 12.1 Å². The average Bonchev–Trinajstić information content (AvgIpc) is 2.70. The number of hydrogen-bond acceptors (Lipinski definition) is 6. The largest absolute Gasteiger partial charge is 0.475 e. The Morgan fingerprint density at radius 1 is 1.29 bits per heavy atom. The Bertz CT molecular complexity index is 1250. The molecular formula is C21H20F4N4O4S. The van der Waals surface area contributed by atoms with Crippen LogP contribution in [0.5, 0.6) is 5.88 Å². The minimum absolute atomic E-state index is 0.130. The van der Waals surface area contributed by atoms with E-state index in [9.17, 15) is 36.0 Å². The number of alkyl halides is 3. The van der Waals surface area contributed by atoms with E-state index in [0.717, 1.165) is 30.5 Å². The molecule has 1 heterocycles. The molecule has 1 aromatic carbocycles. The third kappa shape index (κ3) is 7.73. The molecule has 2 N–H and O–H groups in total. The lowest BCUT2D eigenvalue weighted by atomic mass is 10.1. The van der Waals surface area contributed by atoms with Crippen LogP contribution in [0.2, 0.25) is 0 Å². The summed E-state index contributed by atoms with van der Waals surface area (Å²) in [6, 6.07) is 5.69. The van der Waals surface area contributed by atoms with Gasteiger partial charge in [-0.1, -0.05) is 0 Å². The first-order valence-electron chi connectivity index (χ1n) is 9.60. The van der Waals surface area contributed by atoms with E-state index < -0.39 is 45.4 Å². The summed E-state index contributed by atoms with van der Waals surface area (Å²) in [6.07, 6.45) is -2.10. The predicted octanol–water partition coefficient (Wildman–Crippen LogP) is 3.60. The molecule has 2 aromatic rings. The molecule has 1 amide bonds. The Morgan fingerprint density at radius 3 is 2.53 bits per heavy atom. The molecule has 0 aliphatic rings. The fraction of sp³-hybridized carbons (Fsp3) is 0.286. The zero-order valence-corrected chi connectivity index (χ0v) is 19.0. The molecule has 0 bridgehead atoms. The first-order valence-corrected chi connectivity index (χ1v) is 11.5. The predicted molar refractivity (Wildman–Crippen MR) is 115 cm³/mol. The lowest BCUT2D eigenvalue weighted by molar-refractivity contribution is -0.141. The quantitative estimate of drug-likeness (QED) is 0.422. The van der Waals surface area contributed by atoms with Crippen molar-refractivity contribution in [1.82, 2.24) is 10.3 Å². The van der Waals surface area contributed by atoms with Gasteiger partial charge in [-0.15, -0.1) is 0 Å². The number of ether oxygens (including phenoxy) is 1. The summed E-state index contributed by atoms with van der Waals surface area (Å²) in [4.78, 5) is 15.6. The zero-order chi connectivity index (χ0) is 25.7. The molecular weight excluding hydrogens is 480 g/mol. The highest BCUT2D eigenvalue weighted by Gasteiger charge is 2.33. The van der Waals surface area contributed by atoms with E-state index in [1.54, 1.807) is 19.9 Å². The van der Waals surface area contributed by atoms with Crippen LogP contribution in [-0.4, -0.2) is 31.7 Å². The maximum atomic E-state index is 14.3. The smallest absolute Gasteiger partial charge is 0.433 e. The number of carbonyl (C=O) groups excluding carboxylic acids is 1. The lowest BCUT2D eigenvalue weighted by Crippen LogP contribution is -2.21. The summed E-state index contributed by atoms with van der Waals surface area (Å²) >= 11 is 0. The van der Waals surface area contributed by atoms with Crippen LogP contribution in [0, 0.1) is 17.1 Å². The maximum absolute atomic E-state index is 14.3. The number of halogens is 4. The van der Waals surface area contributed by atoms with Crippen molar-refractivity contribution >= 4 is 27.7 Å². The Labute approximate surface area is 193 Å². The van der Waals surface area contributed by atoms with Crippen molar-refractivity contribution in [3.8, 4) is 11.9 Å². The summed E-state index contributed by atoms with van der Waals surface area (Å²) in [5.74, 6) is -1.98. The highest BCUT2D eigenvalue weighted by Crippen LogP contribution is 2.31. The van der Waals surface area contributed by atoms with Crippen molar-refractivity contribution < 1.29 is 35.5 Å². The molecule has 0 aliphatic carbocycles. The second-order valence-corrected chi connectivity index (χ2v) is 9.04. The van der Waals surface area contributed by atoms with Crippen LogP contribution in [0.15, 0.2) is 30.3 Å². The number of nitrogens with zero attached hydrogens (tertiary/aromatic N) is 2. The van der Waals surface area contributed by atoms with E-state index >= 15 is 0 Å². The SMILES string of the molecule is CC(C)Oc1nc(C(F)(F)F)ccc1/C=C\C(=O)NCc1cc(F)c(NS(C)(=O)=O)c(C#N)c1. The van der Waals surface area contributed by atoms with E-state index in [4.69, 9.17) is 4.74 Å². The van der Waals surface area contributed by atoms with Gasteiger partial charge < -0.3 is 10.1 Å². The minimum Gasteiger partial charge on any atom is -0.475 e. The topological polar surface area (TPSA) is 121 Å². The number of pyridine rings is 1. The van der Waals surface area contributed by atoms with Crippen LogP contribution in [0.4, 0.5) is 23.2 Å². The van der Waals surface area contributed by atoms with E-state index in [-0.39, 0.29) is 29.1 Å². The molecule has 8 nitrogen and oxygen atoms in total. The van der Waals surface area contributed by atoms with Crippen LogP contribution in [0.25, 0.3) is 6.08 Å². The maximum Gasteiger partial charge on any atom is 0.433 e. The van der Waals surface area contributed by atoms with Gasteiger partial charge in [0.05, 0.1) is 17.9 Å². The van der Waals surface area contributed by atoms with Crippen molar-refractivity contribution in [3.63, 3.8) is 0 Å². The van der Waals surface area contributed by atoms with Crippen LogP contribution < -0.4 is 14.8 Å². The van der Waals surface area contributed by atoms with E-state index in [1.807, 2.05) is 4.72 Å². The van der Waals surface area contributed by atoms with Gasteiger partial charge in [-0.25, -0.2) is 17.8 Å². The molecule has 182 valence electrons. The summed E-state index contributed by atoms with van der Waals surface area (Å²) in [5, 5.41) is 11.6. The first kappa shape index (κ1) is 26.6. The number of aromatic nitrogens is 1. The Balaban J connectivity index is 2.17. The zero-order valence-electron chi connectivity index (χ0n) is 18.2. The Morgan fingerprint density at radius 2 is 1.97 bits per heavy atom. The van der Waals surface area contributed by atoms with Crippen LogP contribution in [0.3, 0.4) is 0 Å².